The molecule has 0 fully saturated rings. The van der Waals surface area contributed by atoms with Gasteiger partial charge >= 0.3 is 0 Å². The summed E-state index contributed by atoms with van der Waals surface area (Å²) in [5.41, 5.74) is 2.18. The van der Waals surface area contributed by atoms with Gasteiger partial charge in [-0.3, -0.25) is 9.88 Å². The summed E-state index contributed by atoms with van der Waals surface area (Å²) in [6, 6.07) is 4.09. The van der Waals surface area contributed by atoms with Gasteiger partial charge in [0.25, 0.3) is 0 Å². The van der Waals surface area contributed by atoms with Gasteiger partial charge in [-0.05, 0) is 31.5 Å². The van der Waals surface area contributed by atoms with Crippen LogP contribution in [0, 0.1) is 0 Å². The topological polar surface area (TPSA) is 48.4 Å². The molecule has 1 heterocycles. The number of anilines is 1. The van der Waals surface area contributed by atoms with Crippen molar-refractivity contribution < 1.29 is 5.11 Å². The third-order valence-corrected chi connectivity index (χ3v) is 2.74. The Labute approximate surface area is 110 Å². The van der Waals surface area contributed by atoms with Crippen LogP contribution in [0.4, 0.5) is 5.69 Å². The molecule has 0 atom stereocenters. The van der Waals surface area contributed by atoms with Crippen molar-refractivity contribution in [2.24, 2.45) is 0 Å². The fraction of sp³-hybridized carbons (Fsp3) is 0.643. The largest absolute Gasteiger partial charge is 0.395 e. The fourth-order valence-electron chi connectivity index (χ4n) is 1.90. The Bertz CT molecular complexity index is 325. The lowest BCUT2D eigenvalue weighted by molar-refractivity contribution is 0.189. The quantitative estimate of drug-likeness (QED) is 0.705. The molecule has 2 N–H and O–H groups in total. The van der Waals surface area contributed by atoms with Gasteiger partial charge < -0.3 is 10.4 Å². The first-order valence-corrected chi connectivity index (χ1v) is 6.82. The standard InChI is InChI=1S/C14H25N3O/c1-3-6-15-13-5-7-16-14(11-13)12-17(8-4-2)9-10-18/h5,7,11,18H,3-4,6,8-10,12H2,1-2H3,(H,15,16). The van der Waals surface area contributed by atoms with Crippen molar-refractivity contribution in [1.29, 1.82) is 0 Å². The second-order valence-corrected chi connectivity index (χ2v) is 4.46. The van der Waals surface area contributed by atoms with Crippen molar-refractivity contribution in [3.8, 4) is 0 Å². The first-order valence-electron chi connectivity index (χ1n) is 6.82. The average Bonchev–Trinajstić information content (AvgIpc) is 2.37. The van der Waals surface area contributed by atoms with Crippen LogP contribution < -0.4 is 5.32 Å². The summed E-state index contributed by atoms with van der Waals surface area (Å²) < 4.78 is 0. The van der Waals surface area contributed by atoms with Gasteiger partial charge in [0.1, 0.15) is 0 Å². The predicted molar refractivity (Wildman–Crippen MR) is 75.7 cm³/mol. The highest BCUT2D eigenvalue weighted by molar-refractivity contribution is 5.43. The van der Waals surface area contributed by atoms with Gasteiger partial charge in [0.15, 0.2) is 0 Å². The molecule has 1 rings (SSSR count). The molecule has 1 aromatic rings. The molecule has 0 aliphatic heterocycles. The second kappa shape index (κ2) is 8.89. The Hall–Kier alpha value is -1.13. The van der Waals surface area contributed by atoms with Gasteiger partial charge in [-0.1, -0.05) is 13.8 Å². The maximum atomic E-state index is 9.04. The zero-order valence-corrected chi connectivity index (χ0v) is 11.5. The van der Waals surface area contributed by atoms with Crippen LogP contribution in [-0.4, -0.2) is 41.2 Å². The molecule has 102 valence electrons. The molecule has 18 heavy (non-hydrogen) atoms. The number of aromatic nitrogens is 1. The van der Waals surface area contributed by atoms with E-state index in [2.05, 4.69) is 35.1 Å². The molecule has 0 radical (unpaired) electrons. The molecule has 0 saturated heterocycles. The van der Waals surface area contributed by atoms with Crippen LogP contribution in [-0.2, 0) is 6.54 Å². The average molecular weight is 251 g/mol. The molecule has 0 spiro atoms. The number of nitrogens with zero attached hydrogens (tertiary/aromatic N) is 2. The van der Waals surface area contributed by atoms with Gasteiger partial charge in [0.2, 0.25) is 0 Å². The zero-order valence-electron chi connectivity index (χ0n) is 11.5. The number of rotatable bonds is 9. The Morgan fingerprint density at radius 1 is 1.28 bits per heavy atom. The SMILES string of the molecule is CCCNc1ccnc(CN(CCC)CCO)c1. The number of aliphatic hydroxyl groups is 1. The molecule has 0 saturated carbocycles. The first kappa shape index (κ1) is 14.9. The summed E-state index contributed by atoms with van der Waals surface area (Å²) in [7, 11) is 0. The normalized spacial score (nSPS) is 10.9. The highest BCUT2D eigenvalue weighted by atomic mass is 16.3. The summed E-state index contributed by atoms with van der Waals surface area (Å²) in [5, 5.41) is 12.4. The maximum Gasteiger partial charge on any atom is 0.0564 e. The highest BCUT2D eigenvalue weighted by Gasteiger charge is 2.05. The summed E-state index contributed by atoms with van der Waals surface area (Å²) in [4.78, 5) is 6.62. The molecule has 0 bridgehead atoms. The monoisotopic (exact) mass is 251 g/mol. The highest BCUT2D eigenvalue weighted by Crippen LogP contribution is 2.10. The minimum atomic E-state index is 0.202. The van der Waals surface area contributed by atoms with E-state index in [0.717, 1.165) is 43.9 Å². The second-order valence-electron chi connectivity index (χ2n) is 4.46. The van der Waals surface area contributed by atoms with Gasteiger partial charge in [-0.25, -0.2) is 0 Å². The van der Waals surface area contributed by atoms with Gasteiger partial charge in [-0.2, -0.15) is 0 Å². The van der Waals surface area contributed by atoms with Gasteiger partial charge in [0, 0.05) is 31.5 Å². The number of aliphatic hydroxyl groups excluding tert-OH is 1. The van der Waals surface area contributed by atoms with E-state index < -0.39 is 0 Å². The van der Waals surface area contributed by atoms with E-state index in [1.54, 1.807) is 0 Å². The summed E-state index contributed by atoms with van der Waals surface area (Å²) in [5.74, 6) is 0. The zero-order chi connectivity index (χ0) is 13.2. The smallest absolute Gasteiger partial charge is 0.0564 e. The Kier molecular flexibility index (Phi) is 7.37. The minimum Gasteiger partial charge on any atom is -0.395 e. The Morgan fingerprint density at radius 2 is 2.11 bits per heavy atom. The van der Waals surface area contributed by atoms with E-state index in [1.807, 2.05) is 12.3 Å². The number of pyridine rings is 1. The molecule has 0 unspecified atom stereocenters. The molecule has 0 amide bonds. The molecular formula is C14H25N3O. The molecular weight excluding hydrogens is 226 g/mol. The van der Waals surface area contributed by atoms with E-state index in [1.165, 1.54) is 0 Å². The van der Waals surface area contributed by atoms with Crippen LogP contribution in [0.25, 0.3) is 0 Å². The van der Waals surface area contributed by atoms with Crippen LogP contribution in [0.2, 0.25) is 0 Å². The lowest BCUT2D eigenvalue weighted by atomic mass is 10.2. The first-order chi connectivity index (χ1) is 8.80. The van der Waals surface area contributed by atoms with Crippen LogP contribution in [0.1, 0.15) is 32.4 Å². The van der Waals surface area contributed by atoms with Crippen LogP contribution in [0.5, 0.6) is 0 Å². The third kappa shape index (κ3) is 5.47. The van der Waals surface area contributed by atoms with Gasteiger partial charge in [0.05, 0.1) is 12.3 Å². The Morgan fingerprint density at radius 3 is 2.78 bits per heavy atom. The number of hydrogen-bond donors (Lipinski definition) is 2. The molecule has 0 aromatic carbocycles. The summed E-state index contributed by atoms with van der Waals surface area (Å²) >= 11 is 0. The van der Waals surface area contributed by atoms with Crippen molar-refractivity contribution in [2.45, 2.75) is 33.2 Å². The number of hydrogen-bond acceptors (Lipinski definition) is 4. The maximum absolute atomic E-state index is 9.04. The molecule has 4 nitrogen and oxygen atoms in total. The number of nitrogens with one attached hydrogen (secondary N) is 1. The fourth-order valence-corrected chi connectivity index (χ4v) is 1.90. The van der Waals surface area contributed by atoms with E-state index in [9.17, 15) is 0 Å². The van der Waals surface area contributed by atoms with E-state index in [4.69, 9.17) is 5.11 Å². The van der Waals surface area contributed by atoms with Gasteiger partial charge in [-0.15, -0.1) is 0 Å². The lowest BCUT2D eigenvalue weighted by Crippen LogP contribution is -2.27. The van der Waals surface area contributed by atoms with Crippen LogP contribution >= 0.6 is 0 Å². The van der Waals surface area contributed by atoms with Crippen molar-refractivity contribution in [3.05, 3.63) is 24.0 Å². The van der Waals surface area contributed by atoms with E-state index in [0.29, 0.717) is 6.54 Å². The van der Waals surface area contributed by atoms with Crippen LogP contribution in [0.15, 0.2) is 18.3 Å². The van der Waals surface area contributed by atoms with Crippen molar-refractivity contribution in [1.82, 2.24) is 9.88 Å². The van der Waals surface area contributed by atoms with Crippen molar-refractivity contribution >= 4 is 5.69 Å². The summed E-state index contributed by atoms with van der Waals surface area (Å²) in [6.45, 7) is 8.00. The molecule has 0 aliphatic carbocycles. The third-order valence-electron chi connectivity index (χ3n) is 2.74. The minimum absolute atomic E-state index is 0.202. The van der Waals surface area contributed by atoms with Crippen LogP contribution in [0.3, 0.4) is 0 Å². The van der Waals surface area contributed by atoms with E-state index >= 15 is 0 Å². The molecule has 4 heteroatoms. The van der Waals surface area contributed by atoms with Crippen molar-refractivity contribution in [2.75, 3.05) is 31.6 Å². The lowest BCUT2D eigenvalue weighted by Gasteiger charge is -2.20. The molecule has 0 aliphatic rings. The Balaban J connectivity index is 2.58. The van der Waals surface area contributed by atoms with E-state index in [-0.39, 0.29) is 6.61 Å². The summed E-state index contributed by atoms with van der Waals surface area (Å²) in [6.07, 6.45) is 4.05. The predicted octanol–water partition coefficient (Wildman–Crippen LogP) is 2.11. The molecule has 1 aromatic heterocycles. The van der Waals surface area contributed by atoms with Crippen molar-refractivity contribution in [3.63, 3.8) is 0 Å².